The van der Waals surface area contributed by atoms with Crippen molar-refractivity contribution in [3.63, 3.8) is 0 Å². The SMILES string of the molecule is NC1CCCc2cc(OCc3ccc(F)c(Br)c3)ccc21. The van der Waals surface area contributed by atoms with Crippen LogP contribution in [0, 0.1) is 5.82 Å². The van der Waals surface area contributed by atoms with Crippen LogP contribution in [-0.2, 0) is 13.0 Å². The number of benzene rings is 2. The van der Waals surface area contributed by atoms with Crippen molar-refractivity contribution < 1.29 is 9.13 Å². The Bertz CT molecular complexity index is 659. The van der Waals surface area contributed by atoms with Crippen LogP contribution in [0.1, 0.15) is 35.6 Å². The van der Waals surface area contributed by atoms with Crippen LogP contribution in [0.2, 0.25) is 0 Å². The quantitative estimate of drug-likeness (QED) is 0.884. The number of nitrogens with two attached hydrogens (primary N) is 1. The maximum atomic E-state index is 13.2. The number of fused-ring (bicyclic) bond motifs is 1. The summed E-state index contributed by atoms with van der Waals surface area (Å²) in [5, 5.41) is 0. The Labute approximate surface area is 132 Å². The molecule has 4 heteroatoms. The lowest BCUT2D eigenvalue weighted by molar-refractivity contribution is 0.305. The minimum absolute atomic E-state index is 0.149. The zero-order valence-electron chi connectivity index (χ0n) is 11.6. The molecule has 0 aromatic heterocycles. The zero-order valence-corrected chi connectivity index (χ0v) is 13.2. The second-order valence-electron chi connectivity index (χ2n) is 5.40. The maximum absolute atomic E-state index is 13.2. The lowest BCUT2D eigenvalue weighted by Crippen LogP contribution is -2.17. The fourth-order valence-corrected chi connectivity index (χ4v) is 3.14. The first-order chi connectivity index (χ1) is 10.1. The normalized spacial score (nSPS) is 17.4. The summed E-state index contributed by atoms with van der Waals surface area (Å²) in [6.45, 7) is 0.420. The van der Waals surface area contributed by atoms with Gasteiger partial charge in [-0.05, 0) is 76.1 Å². The highest BCUT2D eigenvalue weighted by Gasteiger charge is 2.17. The fraction of sp³-hybridized carbons (Fsp3) is 0.294. The van der Waals surface area contributed by atoms with E-state index in [1.165, 1.54) is 17.2 Å². The fourth-order valence-electron chi connectivity index (χ4n) is 2.71. The van der Waals surface area contributed by atoms with Crippen LogP contribution in [0.4, 0.5) is 4.39 Å². The molecule has 0 spiro atoms. The molecule has 0 saturated carbocycles. The van der Waals surface area contributed by atoms with Gasteiger partial charge in [-0.2, -0.15) is 0 Å². The van der Waals surface area contributed by atoms with Crippen LogP contribution in [0.15, 0.2) is 40.9 Å². The van der Waals surface area contributed by atoms with Gasteiger partial charge in [0.15, 0.2) is 0 Å². The van der Waals surface area contributed by atoms with Crippen molar-refractivity contribution in [1.82, 2.24) is 0 Å². The van der Waals surface area contributed by atoms with Gasteiger partial charge < -0.3 is 10.5 Å². The summed E-state index contributed by atoms with van der Waals surface area (Å²) in [5.41, 5.74) is 9.56. The van der Waals surface area contributed by atoms with Gasteiger partial charge >= 0.3 is 0 Å². The summed E-state index contributed by atoms with van der Waals surface area (Å²) in [6, 6.07) is 11.2. The number of hydrogen-bond donors (Lipinski definition) is 1. The van der Waals surface area contributed by atoms with E-state index in [0.717, 1.165) is 30.6 Å². The van der Waals surface area contributed by atoms with E-state index in [1.807, 2.05) is 6.07 Å². The standard InChI is InChI=1S/C17H17BrFNO/c18-15-8-11(4-7-16(15)19)10-21-13-5-6-14-12(9-13)2-1-3-17(14)20/h4-9,17H,1-3,10,20H2. The van der Waals surface area contributed by atoms with Crippen molar-refractivity contribution in [3.05, 3.63) is 63.4 Å². The molecule has 1 unspecified atom stereocenters. The Morgan fingerprint density at radius 2 is 2.10 bits per heavy atom. The largest absolute Gasteiger partial charge is 0.489 e. The lowest BCUT2D eigenvalue weighted by Gasteiger charge is -2.22. The average molecular weight is 350 g/mol. The predicted molar refractivity (Wildman–Crippen MR) is 84.7 cm³/mol. The molecule has 3 rings (SSSR count). The van der Waals surface area contributed by atoms with E-state index in [-0.39, 0.29) is 11.9 Å². The highest BCUT2D eigenvalue weighted by atomic mass is 79.9. The van der Waals surface area contributed by atoms with Gasteiger partial charge in [0.2, 0.25) is 0 Å². The van der Waals surface area contributed by atoms with Crippen molar-refractivity contribution >= 4 is 15.9 Å². The monoisotopic (exact) mass is 349 g/mol. The van der Waals surface area contributed by atoms with Gasteiger partial charge in [0, 0.05) is 6.04 Å². The summed E-state index contributed by atoms with van der Waals surface area (Å²) >= 11 is 3.18. The highest BCUT2D eigenvalue weighted by Crippen LogP contribution is 2.31. The molecule has 0 heterocycles. The topological polar surface area (TPSA) is 35.2 Å². The van der Waals surface area contributed by atoms with Gasteiger partial charge in [-0.1, -0.05) is 12.1 Å². The van der Waals surface area contributed by atoms with Gasteiger partial charge in [-0.15, -0.1) is 0 Å². The molecule has 0 radical (unpaired) electrons. The molecule has 2 N–H and O–H groups in total. The Balaban J connectivity index is 1.72. The molecule has 2 aromatic rings. The third-order valence-corrected chi connectivity index (χ3v) is 4.47. The lowest BCUT2D eigenvalue weighted by atomic mass is 9.88. The molecule has 0 amide bonds. The van der Waals surface area contributed by atoms with Crippen LogP contribution in [0.3, 0.4) is 0 Å². The van der Waals surface area contributed by atoms with Crippen LogP contribution < -0.4 is 10.5 Å². The second-order valence-corrected chi connectivity index (χ2v) is 6.25. The molecule has 110 valence electrons. The number of aryl methyl sites for hydroxylation is 1. The first kappa shape index (κ1) is 14.5. The number of rotatable bonds is 3. The van der Waals surface area contributed by atoms with Crippen molar-refractivity contribution in [2.24, 2.45) is 5.73 Å². The van der Waals surface area contributed by atoms with Crippen LogP contribution in [0.5, 0.6) is 5.75 Å². The summed E-state index contributed by atoms with van der Waals surface area (Å²) < 4.78 is 19.5. The van der Waals surface area contributed by atoms with E-state index < -0.39 is 0 Å². The minimum Gasteiger partial charge on any atom is -0.489 e. The maximum Gasteiger partial charge on any atom is 0.137 e. The summed E-state index contributed by atoms with van der Waals surface area (Å²) in [6.07, 6.45) is 3.24. The molecular formula is C17H17BrFNO. The first-order valence-corrected chi connectivity index (χ1v) is 7.88. The predicted octanol–water partition coefficient (Wildman–Crippen LogP) is 4.50. The number of ether oxygens (including phenoxy) is 1. The minimum atomic E-state index is -0.262. The van der Waals surface area contributed by atoms with Crippen LogP contribution >= 0.6 is 15.9 Å². The van der Waals surface area contributed by atoms with Crippen LogP contribution in [-0.4, -0.2) is 0 Å². The Morgan fingerprint density at radius 1 is 1.24 bits per heavy atom. The summed E-state index contributed by atoms with van der Waals surface area (Å²) in [7, 11) is 0. The molecule has 0 bridgehead atoms. The number of hydrogen-bond acceptors (Lipinski definition) is 2. The molecule has 2 nitrogen and oxygen atoms in total. The van der Waals surface area contributed by atoms with E-state index in [2.05, 4.69) is 28.1 Å². The molecule has 2 aromatic carbocycles. The van der Waals surface area contributed by atoms with Crippen molar-refractivity contribution in [3.8, 4) is 5.75 Å². The average Bonchev–Trinajstić information content (AvgIpc) is 2.49. The second kappa shape index (κ2) is 6.16. The first-order valence-electron chi connectivity index (χ1n) is 7.08. The smallest absolute Gasteiger partial charge is 0.137 e. The molecule has 1 aliphatic rings. The van der Waals surface area contributed by atoms with E-state index in [9.17, 15) is 4.39 Å². The molecule has 0 aliphatic heterocycles. The Kier molecular flexibility index (Phi) is 4.27. The molecular weight excluding hydrogens is 333 g/mol. The summed E-state index contributed by atoms with van der Waals surface area (Å²) in [4.78, 5) is 0. The van der Waals surface area contributed by atoms with Gasteiger partial charge in [0.1, 0.15) is 18.2 Å². The number of halogens is 2. The van der Waals surface area contributed by atoms with Gasteiger partial charge in [0.25, 0.3) is 0 Å². The van der Waals surface area contributed by atoms with Crippen molar-refractivity contribution in [2.45, 2.75) is 31.9 Å². The van der Waals surface area contributed by atoms with E-state index in [1.54, 1.807) is 12.1 Å². The zero-order chi connectivity index (χ0) is 14.8. The third-order valence-electron chi connectivity index (χ3n) is 3.86. The highest BCUT2D eigenvalue weighted by molar-refractivity contribution is 9.10. The molecule has 1 aliphatic carbocycles. The molecule has 0 fully saturated rings. The van der Waals surface area contributed by atoms with Gasteiger partial charge in [-0.3, -0.25) is 0 Å². The van der Waals surface area contributed by atoms with Crippen molar-refractivity contribution in [2.75, 3.05) is 0 Å². The Morgan fingerprint density at radius 3 is 2.90 bits per heavy atom. The van der Waals surface area contributed by atoms with Gasteiger partial charge in [-0.25, -0.2) is 4.39 Å². The van der Waals surface area contributed by atoms with Crippen molar-refractivity contribution in [1.29, 1.82) is 0 Å². The van der Waals surface area contributed by atoms with Crippen LogP contribution in [0.25, 0.3) is 0 Å². The molecule has 0 saturated heterocycles. The molecule has 21 heavy (non-hydrogen) atoms. The van der Waals surface area contributed by atoms with E-state index >= 15 is 0 Å². The third kappa shape index (κ3) is 3.27. The van der Waals surface area contributed by atoms with E-state index in [0.29, 0.717) is 11.1 Å². The summed E-state index contributed by atoms with van der Waals surface area (Å²) in [5.74, 6) is 0.574. The Hall–Kier alpha value is -1.39. The van der Waals surface area contributed by atoms with E-state index in [4.69, 9.17) is 10.5 Å². The molecule has 1 atom stereocenters. The van der Waals surface area contributed by atoms with Gasteiger partial charge in [0.05, 0.1) is 4.47 Å².